The molecule has 16 heavy (non-hydrogen) atoms. The van der Waals surface area contributed by atoms with Gasteiger partial charge in [0, 0.05) is 10.0 Å². The van der Waals surface area contributed by atoms with Gasteiger partial charge in [0.15, 0.2) is 0 Å². The average molecular weight is 302 g/mol. The van der Waals surface area contributed by atoms with Gasteiger partial charge in [-0.25, -0.2) is 0 Å². The molecule has 1 rings (SSSR count). The summed E-state index contributed by atoms with van der Waals surface area (Å²) in [5.74, 6) is -0.304. The van der Waals surface area contributed by atoms with E-state index in [0.29, 0.717) is 11.6 Å². The second kappa shape index (κ2) is 6.60. The third-order valence-electron chi connectivity index (χ3n) is 1.81. The maximum Gasteiger partial charge on any atom is 0.325 e. The number of esters is 1. The molecule has 1 aromatic rings. The number of carbonyl (C=O) groups is 1. The fraction of sp³-hybridized carbons (Fsp3) is 0.273. The molecule has 1 aromatic carbocycles. The van der Waals surface area contributed by atoms with E-state index < -0.39 is 0 Å². The zero-order valence-corrected chi connectivity index (χ0v) is 11.2. The van der Waals surface area contributed by atoms with E-state index >= 15 is 0 Å². The minimum atomic E-state index is -0.304. The normalized spacial score (nSPS) is 9.62. The van der Waals surface area contributed by atoms with Crippen LogP contribution in [-0.2, 0) is 9.53 Å². The van der Waals surface area contributed by atoms with Crippen LogP contribution in [0.3, 0.4) is 0 Å². The van der Waals surface area contributed by atoms with Crippen molar-refractivity contribution in [3.63, 3.8) is 0 Å². The Morgan fingerprint density at radius 2 is 2.06 bits per heavy atom. The van der Waals surface area contributed by atoms with Crippen LogP contribution >= 0.6 is 28.1 Å². The summed E-state index contributed by atoms with van der Waals surface area (Å²) in [6.07, 6.45) is 0. The Morgan fingerprint density at radius 3 is 2.62 bits per heavy atom. The first-order valence-electron chi connectivity index (χ1n) is 4.83. The Hall–Kier alpha value is -0.940. The number of carbonyl (C=O) groups excluding carboxylic acids is 1. The molecule has 5 heteroatoms. The van der Waals surface area contributed by atoms with Crippen molar-refractivity contribution >= 4 is 39.1 Å². The van der Waals surface area contributed by atoms with E-state index in [-0.39, 0.29) is 12.5 Å². The fourth-order valence-corrected chi connectivity index (χ4v) is 1.54. The van der Waals surface area contributed by atoms with Crippen LogP contribution in [0.1, 0.15) is 12.5 Å². The first-order valence-corrected chi connectivity index (χ1v) is 6.03. The molecule has 0 bridgehead atoms. The molecule has 0 aliphatic carbocycles. The van der Waals surface area contributed by atoms with Gasteiger partial charge in [0.2, 0.25) is 0 Å². The highest BCUT2D eigenvalue weighted by molar-refractivity contribution is 9.10. The molecule has 1 N–H and O–H groups in total. The number of rotatable bonds is 4. The summed E-state index contributed by atoms with van der Waals surface area (Å²) < 4.78 is 5.77. The van der Waals surface area contributed by atoms with E-state index in [1.165, 1.54) is 0 Å². The molecule has 0 radical (unpaired) electrons. The summed E-state index contributed by atoms with van der Waals surface area (Å²) in [5.41, 5.74) is 0.877. The van der Waals surface area contributed by atoms with Crippen molar-refractivity contribution < 1.29 is 9.53 Å². The van der Waals surface area contributed by atoms with Gasteiger partial charge in [0.25, 0.3) is 0 Å². The van der Waals surface area contributed by atoms with Crippen LogP contribution in [0.15, 0.2) is 28.7 Å². The van der Waals surface area contributed by atoms with Crippen molar-refractivity contribution in [2.24, 2.45) is 0 Å². The van der Waals surface area contributed by atoms with Crippen molar-refractivity contribution in [2.45, 2.75) is 6.92 Å². The predicted molar refractivity (Wildman–Crippen MR) is 70.5 cm³/mol. The summed E-state index contributed by atoms with van der Waals surface area (Å²) in [4.78, 5) is 11.6. The van der Waals surface area contributed by atoms with Gasteiger partial charge in [-0.1, -0.05) is 40.3 Å². The van der Waals surface area contributed by atoms with Gasteiger partial charge in [-0.15, -0.1) is 0 Å². The van der Waals surface area contributed by atoms with Gasteiger partial charge in [0.1, 0.15) is 11.5 Å². The molecule has 0 atom stereocenters. The summed E-state index contributed by atoms with van der Waals surface area (Å²) in [5, 5.41) is 2.84. The van der Waals surface area contributed by atoms with E-state index in [1.54, 1.807) is 6.92 Å². The van der Waals surface area contributed by atoms with Crippen LogP contribution in [0.4, 0.5) is 0 Å². The van der Waals surface area contributed by atoms with E-state index in [1.807, 2.05) is 24.3 Å². The lowest BCUT2D eigenvalue weighted by Gasteiger charge is -2.07. The van der Waals surface area contributed by atoms with Gasteiger partial charge >= 0.3 is 5.97 Å². The second-order valence-electron chi connectivity index (χ2n) is 2.99. The van der Waals surface area contributed by atoms with Crippen molar-refractivity contribution in [3.8, 4) is 0 Å². The highest BCUT2D eigenvalue weighted by atomic mass is 79.9. The minimum absolute atomic E-state index is 0.0999. The number of ether oxygens (including phenoxy) is 1. The number of benzene rings is 1. The number of hydrogen-bond acceptors (Lipinski definition) is 3. The van der Waals surface area contributed by atoms with Crippen LogP contribution in [0.25, 0.3) is 0 Å². The second-order valence-corrected chi connectivity index (χ2v) is 4.32. The molecule has 0 aliphatic rings. The molecule has 0 amide bonds. The average Bonchev–Trinajstić information content (AvgIpc) is 2.27. The van der Waals surface area contributed by atoms with E-state index in [4.69, 9.17) is 17.0 Å². The molecule has 0 aliphatic heterocycles. The highest BCUT2D eigenvalue weighted by Gasteiger charge is 2.04. The summed E-state index contributed by atoms with van der Waals surface area (Å²) in [6.45, 7) is 2.25. The topological polar surface area (TPSA) is 38.3 Å². The van der Waals surface area contributed by atoms with Crippen molar-refractivity contribution in [1.82, 2.24) is 5.32 Å². The lowest BCUT2D eigenvalue weighted by atomic mass is 10.2. The molecule has 0 saturated heterocycles. The monoisotopic (exact) mass is 301 g/mol. The van der Waals surface area contributed by atoms with Crippen molar-refractivity contribution in [1.29, 1.82) is 0 Å². The molecule has 3 nitrogen and oxygen atoms in total. The molecule has 0 aromatic heterocycles. The van der Waals surface area contributed by atoms with Crippen LogP contribution in [0.5, 0.6) is 0 Å². The molecule has 86 valence electrons. The fourth-order valence-electron chi connectivity index (χ4n) is 1.07. The Kier molecular flexibility index (Phi) is 5.42. The Bertz CT molecular complexity index is 378. The molecule has 0 fully saturated rings. The molecule has 0 unspecified atom stereocenters. The number of thiocarbonyl (C=S) groups is 1. The first kappa shape index (κ1) is 13.1. The zero-order chi connectivity index (χ0) is 12.0. The Labute approximate surface area is 108 Å². The van der Waals surface area contributed by atoms with Gasteiger partial charge in [-0.05, 0) is 19.1 Å². The largest absolute Gasteiger partial charge is 0.465 e. The molecular weight excluding hydrogens is 290 g/mol. The maximum absolute atomic E-state index is 11.1. The summed E-state index contributed by atoms with van der Waals surface area (Å²) >= 11 is 8.47. The molecule has 0 spiro atoms. The minimum Gasteiger partial charge on any atom is -0.465 e. The molecule has 0 heterocycles. The Balaban J connectivity index is 2.47. The van der Waals surface area contributed by atoms with Gasteiger partial charge < -0.3 is 10.1 Å². The highest BCUT2D eigenvalue weighted by Crippen LogP contribution is 2.10. The number of halogens is 1. The van der Waals surface area contributed by atoms with Crippen LogP contribution < -0.4 is 5.32 Å². The molecule has 0 saturated carbocycles. The van der Waals surface area contributed by atoms with Gasteiger partial charge in [-0.2, -0.15) is 0 Å². The lowest BCUT2D eigenvalue weighted by molar-refractivity contribution is -0.141. The molecular formula is C11H12BrNO2S. The predicted octanol–water partition coefficient (Wildman–Crippen LogP) is 2.28. The van der Waals surface area contributed by atoms with Crippen molar-refractivity contribution in [3.05, 3.63) is 34.3 Å². The van der Waals surface area contributed by atoms with Gasteiger partial charge in [-0.3, -0.25) is 4.79 Å². The van der Waals surface area contributed by atoms with E-state index in [9.17, 15) is 4.79 Å². The zero-order valence-electron chi connectivity index (χ0n) is 8.83. The number of nitrogens with one attached hydrogen (secondary N) is 1. The van der Waals surface area contributed by atoms with Crippen LogP contribution in [0, 0.1) is 0 Å². The van der Waals surface area contributed by atoms with Gasteiger partial charge in [0.05, 0.1) is 6.61 Å². The number of hydrogen-bond donors (Lipinski definition) is 1. The van der Waals surface area contributed by atoms with E-state index in [0.717, 1.165) is 10.0 Å². The van der Waals surface area contributed by atoms with Crippen LogP contribution in [-0.4, -0.2) is 24.1 Å². The summed E-state index contributed by atoms with van der Waals surface area (Å²) in [6, 6.07) is 7.55. The van der Waals surface area contributed by atoms with E-state index in [2.05, 4.69) is 21.2 Å². The maximum atomic E-state index is 11.1. The third-order valence-corrected chi connectivity index (χ3v) is 2.71. The third kappa shape index (κ3) is 4.28. The SMILES string of the molecule is CCOC(=O)CNC(=S)c1ccc(Br)cc1. The van der Waals surface area contributed by atoms with Crippen LogP contribution in [0.2, 0.25) is 0 Å². The lowest BCUT2D eigenvalue weighted by Crippen LogP contribution is -2.29. The Morgan fingerprint density at radius 1 is 1.44 bits per heavy atom. The quantitative estimate of drug-likeness (QED) is 0.684. The summed E-state index contributed by atoms with van der Waals surface area (Å²) in [7, 11) is 0. The first-order chi connectivity index (χ1) is 7.63. The van der Waals surface area contributed by atoms with Crippen molar-refractivity contribution in [2.75, 3.05) is 13.2 Å². The smallest absolute Gasteiger partial charge is 0.325 e. The standard InChI is InChI=1S/C11H12BrNO2S/c1-2-15-10(14)7-13-11(16)8-3-5-9(12)6-4-8/h3-6H,2,7H2,1H3,(H,13,16).